The summed E-state index contributed by atoms with van der Waals surface area (Å²) in [5.74, 6) is 0.292. The van der Waals surface area contributed by atoms with Gasteiger partial charge in [0, 0.05) is 29.9 Å². The first kappa shape index (κ1) is 36.7. The monoisotopic (exact) mass is 757 g/mol. The summed E-state index contributed by atoms with van der Waals surface area (Å²) in [6, 6.07) is 34.0. The minimum atomic E-state index is -2.36. The van der Waals surface area contributed by atoms with E-state index >= 15 is 4.79 Å². The van der Waals surface area contributed by atoms with Crippen molar-refractivity contribution < 1.29 is 28.9 Å². The maximum atomic E-state index is 15.2. The summed E-state index contributed by atoms with van der Waals surface area (Å²) < 4.78 is 19.9. The van der Waals surface area contributed by atoms with Crippen LogP contribution in [-0.4, -0.2) is 73.1 Å². The van der Waals surface area contributed by atoms with Gasteiger partial charge in [-0.3, -0.25) is 14.4 Å². The molecular formula is C43H47N5O6Si. The molecule has 2 fully saturated rings. The van der Waals surface area contributed by atoms with Gasteiger partial charge in [0.1, 0.15) is 12.4 Å². The summed E-state index contributed by atoms with van der Waals surface area (Å²) in [5, 5.41) is 20.5. The molecular weight excluding hydrogens is 711 g/mol. The minimum absolute atomic E-state index is 0.0554. The van der Waals surface area contributed by atoms with E-state index in [0.717, 1.165) is 33.8 Å². The predicted octanol–water partition coefficient (Wildman–Crippen LogP) is 6.22. The standard InChI is InChI=1S/C43H47N5O6Si/c1-29-40(55(3,4)34-19-17-33(52-2)18-20-34)39(21-22-46-27-37(44-45-46)35(28-49)31-12-6-5-7-13-31)54-43(29)36-15-8-9-16-38(36)48(41(43)50)26-30-11-10-14-32(25-30)47-23-24-53-42(47)51/h5-20,25,27,29,35,39-40,49H,21-24,26,28H2,1-4H3/t29-,35?,39+,40-,43+/m1/s1. The average molecular weight is 758 g/mol. The fraction of sp³-hybridized carbons (Fsp3) is 0.349. The molecule has 1 unspecified atom stereocenters. The van der Waals surface area contributed by atoms with Gasteiger partial charge in [0.05, 0.1) is 58.3 Å². The Bertz CT molecular complexity index is 2180. The second kappa shape index (κ2) is 14.7. The zero-order chi connectivity index (χ0) is 38.3. The van der Waals surface area contributed by atoms with E-state index in [-0.39, 0.29) is 42.1 Å². The van der Waals surface area contributed by atoms with E-state index in [1.165, 1.54) is 5.19 Å². The molecule has 5 aromatic rings. The van der Waals surface area contributed by atoms with Crippen molar-refractivity contribution in [2.75, 3.05) is 36.7 Å². The molecule has 8 rings (SSSR count). The highest BCUT2D eigenvalue weighted by Gasteiger charge is 2.66. The smallest absolute Gasteiger partial charge is 0.414 e. The zero-order valence-electron chi connectivity index (χ0n) is 31.7. The lowest BCUT2D eigenvalue weighted by Gasteiger charge is -2.37. The number of hydrogen-bond acceptors (Lipinski definition) is 8. The van der Waals surface area contributed by atoms with E-state index in [4.69, 9.17) is 14.2 Å². The molecule has 12 heteroatoms. The number of hydrogen-bond donors (Lipinski definition) is 1. The topological polar surface area (TPSA) is 119 Å². The molecule has 11 nitrogen and oxygen atoms in total. The van der Waals surface area contributed by atoms with Crippen LogP contribution < -0.4 is 19.7 Å². The Morgan fingerprint density at radius 1 is 0.982 bits per heavy atom. The van der Waals surface area contributed by atoms with E-state index in [9.17, 15) is 9.90 Å². The second-order valence-electron chi connectivity index (χ2n) is 15.3. The number of aliphatic hydroxyl groups excluding tert-OH is 1. The van der Waals surface area contributed by atoms with Gasteiger partial charge in [0.15, 0.2) is 5.60 Å². The van der Waals surface area contributed by atoms with Crippen molar-refractivity contribution in [3.8, 4) is 5.75 Å². The first-order valence-electron chi connectivity index (χ1n) is 19.0. The SMILES string of the molecule is COc1ccc([Si](C)(C)[C@H]2[C@H](CCn3cc(C(CO)c4ccccc4)nn3)O[C@@]3(C(=O)N(Cc4cccc(N5CCOC5=O)c4)c4ccccc43)[C@@H]2C)cc1. The molecule has 3 aliphatic heterocycles. The lowest BCUT2D eigenvalue weighted by Crippen LogP contribution is -2.51. The molecule has 2 saturated heterocycles. The van der Waals surface area contributed by atoms with E-state index in [0.29, 0.717) is 38.4 Å². The van der Waals surface area contributed by atoms with E-state index in [1.807, 2.05) is 107 Å². The number of benzene rings is 4. The molecule has 284 valence electrons. The largest absolute Gasteiger partial charge is 0.497 e. The Hall–Kier alpha value is -5.30. The van der Waals surface area contributed by atoms with Crippen molar-refractivity contribution in [1.29, 1.82) is 0 Å². The van der Waals surface area contributed by atoms with Gasteiger partial charge in [0.2, 0.25) is 0 Å². The minimum Gasteiger partial charge on any atom is -0.497 e. The predicted molar refractivity (Wildman–Crippen MR) is 212 cm³/mol. The number of nitrogens with zero attached hydrogens (tertiary/aromatic N) is 5. The molecule has 2 amide bonds. The second-order valence-corrected chi connectivity index (χ2v) is 20.0. The van der Waals surface area contributed by atoms with Gasteiger partial charge in [-0.1, -0.05) is 103 Å². The molecule has 4 heterocycles. The number of fused-ring (bicyclic) bond motifs is 2. The van der Waals surface area contributed by atoms with Crippen LogP contribution in [-0.2, 0) is 33.0 Å². The molecule has 4 aromatic carbocycles. The first-order valence-corrected chi connectivity index (χ1v) is 22.1. The summed E-state index contributed by atoms with van der Waals surface area (Å²) in [6.07, 6.45) is 1.90. The summed E-state index contributed by atoms with van der Waals surface area (Å²) in [6.45, 7) is 8.57. The quantitative estimate of drug-likeness (QED) is 0.149. The van der Waals surface area contributed by atoms with Gasteiger partial charge in [-0.25, -0.2) is 4.79 Å². The van der Waals surface area contributed by atoms with Crippen molar-refractivity contribution >= 4 is 36.6 Å². The van der Waals surface area contributed by atoms with Gasteiger partial charge >= 0.3 is 6.09 Å². The van der Waals surface area contributed by atoms with Crippen LogP contribution in [0.4, 0.5) is 16.2 Å². The van der Waals surface area contributed by atoms with Crippen LogP contribution in [0.25, 0.3) is 0 Å². The number of rotatable bonds is 12. The Morgan fingerprint density at radius 2 is 1.75 bits per heavy atom. The fourth-order valence-electron chi connectivity index (χ4n) is 9.22. The highest BCUT2D eigenvalue weighted by molar-refractivity contribution is 6.91. The van der Waals surface area contributed by atoms with Gasteiger partial charge in [-0.2, -0.15) is 0 Å². The van der Waals surface area contributed by atoms with Crippen LogP contribution in [0.5, 0.6) is 5.75 Å². The molecule has 1 spiro atoms. The van der Waals surface area contributed by atoms with Crippen LogP contribution >= 0.6 is 0 Å². The van der Waals surface area contributed by atoms with Crippen LogP contribution in [0, 0.1) is 5.92 Å². The molecule has 55 heavy (non-hydrogen) atoms. The molecule has 3 aliphatic rings. The number of aromatic nitrogens is 3. The van der Waals surface area contributed by atoms with Crippen LogP contribution in [0.15, 0.2) is 109 Å². The highest BCUT2D eigenvalue weighted by Crippen LogP contribution is 2.60. The summed E-state index contributed by atoms with van der Waals surface area (Å²) in [7, 11) is -0.683. The first-order chi connectivity index (χ1) is 26.6. The maximum Gasteiger partial charge on any atom is 0.414 e. The molecule has 1 N–H and O–H groups in total. The number of anilines is 2. The van der Waals surface area contributed by atoms with E-state index in [2.05, 4.69) is 42.5 Å². The van der Waals surface area contributed by atoms with Crippen molar-refractivity contribution in [1.82, 2.24) is 15.0 Å². The number of aryl methyl sites for hydroxylation is 1. The number of aliphatic hydroxyl groups is 1. The summed E-state index contributed by atoms with van der Waals surface area (Å²) in [5.41, 5.74) is 3.92. The zero-order valence-corrected chi connectivity index (χ0v) is 32.7. The molecule has 0 saturated carbocycles. The van der Waals surface area contributed by atoms with Crippen molar-refractivity contribution in [3.63, 3.8) is 0 Å². The molecule has 1 aromatic heterocycles. The maximum absolute atomic E-state index is 15.2. The number of para-hydroxylation sites is 1. The normalized spacial score (nSPS) is 22.7. The summed E-state index contributed by atoms with van der Waals surface area (Å²) in [4.78, 5) is 31.1. The van der Waals surface area contributed by atoms with E-state index < -0.39 is 13.7 Å². The van der Waals surface area contributed by atoms with E-state index in [1.54, 1.807) is 12.0 Å². The third-order valence-electron chi connectivity index (χ3n) is 12.0. The third-order valence-corrected chi connectivity index (χ3v) is 16.4. The van der Waals surface area contributed by atoms with Crippen LogP contribution in [0.2, 0.25) is 18.6 Å². The Morgan fingerprint density at radius 3 is 2.47 bits per heavy atom. The number of cyclic esters (lactones) is 1. The Balaban J connectivity index is 1.13. The molecule has 0 aliphatic carbocycles. The van der Waals surface area contributed by atoms with Gasteiger partial charge in [-0.15, -0.1) is 5.10 Å². The summed E-state index contributed by atoms with van der Waals surface area (Å²) >= 11 is 0. The van der Waals surface area contributed by atoms with Crippen LogP contribution in [0.1, 0.15) is 41.6 Å². The van der Waals surface area contributed by atoms with Gasteiger partial charge in [-0.05, 0) is 53.4 Å². The number of carbonyl (C=O) groups excluding carboxylic acids is 2. The van der Waals surface area contributed by atoms with Crippen LogP contribution in [0.3, 0.4) is 0 Å². The van der Waals surface area contributed by atoms with Crippen molar-refractivity contribution in [2.45, 2.75) is 62.7 Å². The molecule has 0 bridgehead atoms. The highest BCUT2D eigenvalue weighted by atomic mass is 28.3. The van der Waals surface area contributed by atoms with Gasteiger partial charge in [0.25, 0.3) is 5.91 Å². The van der Waals surface area contributed by atoms with Crippen molar-refractivity contribution in [2.24, 2.45) is 5.92 Å². The van der Waals surface area contributed by atoms with Gasteiger partial charge < -0.3 is 24.2 Å². The fourth-order valence-corrected chi connectivity index (χ4v) is 13.3. The number of carbonyl (C=O) groups is 2. The molecule has 0 radical (unpaired) electrons. The Labute approximate surface area is 322 Å². The number of methoxy groups -OCH3 is 1. The number of amides is 2. The van der Waals surface area contributed by atoms with Crippen molar-refractivity contribution in [3.05, 3.63) is 132 Å². The number of ether oxygens (including phenoxy) is 3. The third kappa shape index (κ3) is 6.41. The average Bonchev–Trinajstić information content (AvgIpc) is 3.98. The Kier molecular flexibility index (Phi) is 9.82. The lowest BCUT2D eigenvalue weighted by atomic mass is 9.82. The lowest BCUT2D eigenvalue weighted by molar-refractivity contribution is -0.146. The molecule has 5 atom stereocenters.